The molecular formula is C18H18ClN3O. The van der Waals surface area contributed by atoms with Crippen molar-refractivity contribution >= 4 is 11.6 Å². The van der Waals surface area contributed by atoms with Crippen molar-refractivity contribution in [3.63, 3.8) is 0 Å². The zero-order valence-corrected chi connectivity index (χ0v) is 13.9. The van der Waals surface area contributed by atoms with Crippen LogP contribution in [0.2, 0.25) is 5.02 Å². The van der Waals surface area contributed by atoms with Crippen molar-refractivity contribution < 1.29 is 4.42 Å². The van der Waals surface area contributed by atoms with E-state index in [1.54, 1.807) is 0 Å². The summed E-state index contributed by atoms with van der Waals surface area (Å²) >= 11 is 6.01. The van der Waals surface area contributed by atoms with Crippen LogP contribution in [0, 0.1) is 0 Å². The third-order valence-electron chi connectivity index (χ3n) is 3.81. The summed E-state index contributed by atoms with van der Waals surface area (Å²) in [6, 6.07) is 17.7. The van der Waals surface area contributed by atoms with Crippen molar-refractivity contribution in [2.24, 2.45) is 0 Å². The number of halogens is 1. The maximum Gasteiger partial charge on any atom is 0.247 e. The minimum absolute atomic E-state index is 0.0237. The summed E-state index contributed by atoms with van der Waals surface area (Å²) in [4.78, 5) is 2.17. The van der Waals surface area contributed by atoms with E-state index in [2.05, 4.69) is 34.2 Å². The van der Waals surface area contributed by atoms with E-state index < -0.39 is 0 Å². The molecule has 0 aliphatic heterocycles. The average Bonchev–Trinajstić information content (AvgIpc) is 3.05. The normalized spacial score (nSPS) is 12.5. The highest BCUT2D eigenvalue weighted by Crippen LogP contribution is 2.25. The molecule has 0 bridgehead atoms. The first-order chi connectivity index (χ1) is 11.1. The van der Waals surface area contributed by atoms with Gasteiger partial charge in [-0.15, -0.1) is 10.2 Å². The van der Waals surface area contributed by atoms with Crippen molar-refractivity contribution in [1.29, 1.82) is 0 Å². The number of hydrogen-bond donors (Lipinski definition) is 0. The van der Waals surface area contributed by atoms with Gasteiger partial charge >= 0.3 is 0 Å². The van der Waals surface area contributed by atoms with Crippen LogP contribution in [0.4, 0.5) is 0 Å². The van der Waals surface area contributed by atoms with E-state index in [0.717, 1.165) is 12.1 Å². The van der Waals surface area contributed by atoms with Gasteiger partial charge in [0.05, 0.1) is 6.04 Å². The molecule has 118 valence electrons. The molecule has 1 unspecified atom stereocenters. The van der Waals surface area contributed by atoms with Gasteiger partial charge in [0.2, 0.25) is 11.8 Å². The van der Waals surface area contributed by atoms with Crippen LogP contribution in [0.5, 0.6) is 0 Å². The summed E-state index contributed by atoms with van der Waals surface area (Å²) in [7, 11) is 2.04. The summed E-state index contributed by atoms with van der Waals surface area (Å²) < 4.78 is 5.82. The molecule has 3 rings (SSSR count). The second-order valence-electron chi connectivity index (χ2n) is 5.53. The molecule has 0 amide bonds. The third kappa shape index (κ3) is 3.78. The van der Waals surface area contributed by atoms with Crippen LogP contribution >= 0.6 is 11.6 Å². The van der Waals surface area contributed by atoms with Gasteiger partial charge in [-0.25, -0.2) is 0 Å². The van der Waals surface area contributed by atoms with E-state index in [9.17, 15) is 0 Å². The summed E-state index contributed by atoms with van der Waals surface area (Å²) in [6.45, 7) is 2.87. The second kappa shape index (κ2) is 6.94. The Hall–Kier alpha value is -2.17. The first-order valence-electron chi connectivity index (χ1n) is 7.47. The van der Waals surface area contributed by atoms with Gasteiger partial charge in [0, 0.05) is 17.1 Å². The summed E-state index contributed by atoms with van der Waals surface area (Å²) in [5, 5.41) is 8.97. The predicted octanol–water partition coefficient (Wildman–Crippen LogP) is 4.58. The Kier molecular flexibility index (Phi) is 4.74. The van der Waals surface area contributed by atoms with E-state index in [4.69, 9.17) is 16.0 Å². The maximum absolute atomic E-state index is 6.01. The molecule has 1 aromatic heterocycles. The van der Waals surface area contributed by atoms with Crippen LogP contribution in [0.3, 0.4) is 0 Å². The Labute approximate surface area is 140 Å². The molecule has 2 aromatic carbocycles. The molecule has 3 aromatic rings. The first kappa shape index (κ1) is 15.7. The van der Waals surface area contributed by atoms with Crippen LogP contribution in [0.1, 0.15) is 24.4 Å². The maximum atomic E-state index is 6.01. The lowest BCUT2D eigenvalue weighted by Gasteiger charge is -2.21. The smallest absolute Gasteiger partial charge is 0.247 e. The lowest BCUT2D eigenvalue weighted by molar-refractivity contribution is 0.218. The van der Waals surface area contributed by atoms with Gasteiger partial charge in [0.15, 0.2) is 0 Å². The fourth-order valence-corrected chi connectivity index (χ4v) is 2.53. The van der Waals surface area contributed by atoms with Crippen molar-refractivity contribution in [1.82, 2.24) is 15.1 Å². The third-order valence-corrected chi connectivity index (χ3v) is 4.04. The standard InChI is InChI=1S/C18H18ClN3O/c1-13(22(2)12-14-7-4-3-5-8-14)17-20-21-18(23-17)15-9-6-10-16(19)11-15/h3-11,13H,12H2,1-2H3. The van der Waals surface area contributed by atoms with Crippen LogP contribution < -0.4 is 0 Å². The van der Waals surface area contributed by atoms with Gasteiger partial charge < -0.3 is 4.42 Å². The Morgan fingerprint density at radius 2 is 1.87 bits per heavy atom. The molecule has 5 heteroatoms. The Morgan fingerprint density at radius 3 is 2.61 bits per heavy atom. The minimum Gasteiger partial charge on any atom is -0.419 e. The van der Waals surface area contributed by atoms with E-state index in [1.807, 2.05) is 49.5 Å². The largest absolute Gasteiger partial charge is 0.419 e. The van der Waals surface area contributed by atoms with E-state index in [1.165, 1.54) is 5.56 Å². The monoisotopic (exact) mass is 327 g/mol. The molecule has 0 radical (unpaired) electrons. The van der Waals surface area contributed by atoms with Crippen LogP contribution in [-0.2, 0) is 6.54 Å². The number of nitrogens with zero attached hydrogens (tertiary/aromatic N) is 3. The second-order valence-corrected chi connectivity index (χ2v) is 5.97. The SMILES string of the molecule is CC(c1nnc(-c2cccc(Cl)c2)o1)N(C)Cc1ccccc1. The molecule has 4 nitrogen and oxygen atoms in total. The van der Waals surface area contributed by atoms with Crippen molar-refractivity contribution in [2.45, 2.75) is 19.5 Å². The number of benzene rings is 2. The Morgan fingerprint density at radius 1 is 1.09 bits per heavy atom. The quantitative estimate of drug-likeness (QED) is 0.687. The average molecular weight is 328 g/mol. The Balaban J connectivity index is 1.74. The van der Waals surface area contributed by atoms with Crippen molar-refractivity contribution in [3.8, 4) is 11.5 Å². The van der Waals surface area contributed by atoms with E-state index in [-0.39, 0.29) is 6.04 Å². The van der Waals surface area contributed by atoms with Crippen LogP contribution in [-0.4, -0.2) is 22.1 Å². The van der Waals surface area contributed by atoms with Gasteiger partial charge in [-0.2, -0.15) is 0 Å². The lowest BCUT2D eigenvalue weighted by Crippen LogP contribution is -2.22. The highest BCUT2D eigenvalue weighted by atomic mass is 35.5. The lowest BCUT2D eigenvalue weighted by atomic mass is 10.2. The molecular weight excluding hydrogens is 310 g/mol. The zero-order valence-electron chi connectivity index (χ0n) is 13.1. The van der Waals surface area contributed by atoms with Crippen molar-refractivity contribution in [3.05, 3.63) is 71.1 Å². The van der Waals surface area contributed by atoms with Crippen LogP contribution in [0.15, 0.2) is 59.0 Å². The summed E-state index contributed by atoms with van der Waals surface area (Å²) in [6.07, 6.45) is 0. The van der Waals surface area contributed by atoms with Gasteiger partial charge in [-0.1, -0.05) is 48.0 Å². The predicted molar refractivity (Wildman–Crippen MR) is 91.1 cm³/mol. The molecule has 0 aliphatic rings. The molecule has 1 atom stereocenters. The molecule has 23 heavy (non-hydrogen) atoms. The number of hydrogen-bond acceptors (Lipinski definition) is 4. The molecule has 0 aliphatic carbocycles. The number of aromatic nitrogens is 2. The highest BCUT2D eigenvalue weighted by Gasteiger charge is 2.19. The molecule has 0 saturated heterocycles. The first-order valence-corrected chi connectivity index (χ1v) is 7.85. The fraction of sp³-hybridized carbons (Fsp3) is 0.222. The van der Waals surface area contributed by atoms with Gasteiger partial charge in [0.1, 0.15) is 0 Å². The van der Waals surface area contributed by atoms with Gasteiger partial charge in [-0.3, -0.25) is 4.90 Å². The van der Waals surface area contributed by atoms with E-state index in [0.29, 0.717) is 16.8 Å². The molecule has 0 saturated carbocycles. The van der Waals surface area contributed by atoms with Gasteiger partial charge in [0.25, 0.3) is 0 Å². The Bertz CT molecular complexity index is 773. The number of rotatable bonds is 5. The van der Waals surface area contributed by atoms with Crippen LogP contribution in [0.25, 0.3) is 11.5 Å². The highest BCUT2D eigenvalue weighted by molar-refractivity contribution is 6.30. The molecule has 1 heterocycles. The molecule has 0 spiro atoms. The molecule has 0 fully saturated rings. The summed E-state index contributed by atoms with van der Waals surface area (Å²) in [5.74, 6) is 1.08. The van der Waals surface area contributed by atoms with Crippen molar-refractivity contribution in [2.75, 3.05) is 7.05 Å². The molecule has 0 N–H and O–H groups in total. The minimum atomic E-state index is 0.0237. The fourth-order valence-electron chi connectivity index (χ4n) is 2.34. The van der Waals surface area contributed by atoms with E-state index >= 15 is 0 Å². The van der Waals surface area contributed by atoms with Gasteiger partial charge in [-0.05, 0) is 37.7 Å². The zero-order chi connectivity index (χ0) is 16.2. The summed E-state index contributed by atoms with van der Waals surface area (Å²) in [5.41, 5.74) is 2.07. The topological polar surface area (TPSA) is 42.2 Å².